The van der Waals surface area contributed by atoms with Gasteiger partial charge in [-0.05, 0) is 44.6 Å². The van der Waals surface area contributed by atoms with Gasteiger partial charge in [-0.3, -0.25) is 29.0 Å². The maximum Gasteiger partial charge on any atom is 0.326 e. The molecule has 1 fully saturated rings. The van der Waals surface area contributed by atoms with Gasteiger partial charge < -0.3 is 47.7 Å². The van der Waals surface area contributed by atoms with Crippen molar-refractivity contribution < 1.29 is 33.9 Å². The van der Waals surface area contributed by atoms with Crippen molar-refractivity contribution in [2.24, 2.45) is 16.5 Å². The fourth-order valence-corrected chi connectivity index (χ4v) is 7.30. The summed E-state index contributed by atoms with van der Waals surface area (Å²) < 4.78 is 0. The van der Waals surface area contributed by atoms with Gasteiger partial charge in [-0.1, -0.05) is 101 Å². The van der Waals surface area contributed by atoms with E-state index in [1.54, 1.807) is 30.5 Å². The van der Waals surface area contributed by atoms with E-state index in [2.05, 4.69) is 43.2 Å². The van der Waals surface area contributed by atoms with Crippen molar-refractivity contribution in [1.82, 2.24) is 36.1 Å². The number of aliphatic imine (C=N–C) groups is 1. The number of nitrogens with zero attached hydrogens (tertiary/aromatic N) is 3. The summed E-state index contributed by atoms with van der Waals surface area (Å²) in [6.07, 6.45) is 17.3. The first-order valence-electron chi connectivity index (χ1n) is 21.7. The fourth-order valence-electron chi connectivity index (χ4n) is 7.30. The van der Waals surface area contributed by atoms with Crippen LogP contribution in [0.5, 0.6) is 0 Å². The second-order valence-corrected chi connectivity index (χ2v) is 15.7. The lowest BCUT2D eigenvalue weighted by Gasteiger charge is -2.30. The van der Waals surface area contributed by atoms with Crippen molar-refractivity contribution in [2.45, 2.75) is 160 Å². The Hall–Kier alpha value is -5.48. The highest BCUT2D eigenvalue weighted by Crippen LogP contribution is 2.21. The smallest absolute Gasteiger partial charge is 0.326 e. The second-order valence-electron chi connectivity index (χ2n) is 15.7. The van der Waals surface area contributed by atoms with E-state index in [0.29, 0.717) is 31.4 Å². The first-order valence-corrected chi connectivity index (χ1v) is 21.7. The van der Waals surface area contributed by atoms with Crippen LogP contribution in [0.25, 0.3) is 0 Å². The quantitative estimate of drug-likeness (QED) is 0.0337. The summed E-state index contributed by atoms with van der Waals surface area (Å²) in [6, 6.07) is 3.48. The van der Waals surface area contributed by atoms with E-state index in [1.807, 2.05) is 6.07 Å². The predicted molar refractivity (Wildman–Crippen MR) is 229 cm³/mol. The number of amides is 5. The van der Waals surface area contributed by atoms with Crippen LogP contribution < -0.4 is 32.7 Å². The Morgan fingerprint density at radius 3 is 2.12 bits per heavy atom. The maximum atomic E-state index is 14.1. The topological polar surface area (TPSA) is 267 Å². The van der Waals surface area contributed by atoms with Gasteiger partial charge in [-0.15, -0.1) is 0 Å². The summed E-state index contributed by atoms with van der Waals surface area (Å²) in [5.74, 6) is -4.00. The number of carbonyl (C=O) groups excluding carboxylic acids is 5. The largest absolute Gasteiger partial charge is 0.480 e. The van der Waals surface area contributed by atoms with Crippen molar-refractivity contribution in [2.75, 3.05) is 13.1 Å². The van der Waals surface area contributed by atoms with Crippen LogP contribution in [0.2, 0.25) is 0 Å². The maximum absolute atomic E-state index is 14.1. The molecule has 1 aliphatic rings. The number of carboxylic acid groups (broad SMARTS) is 1. The summed E-state index contributed by atoms with van der Waals surface area (Å²) in [5, 5.41) is 20.7. The molecule has 17 nitrogen and oxygen atoms in total. The molecular weight excluding hydrogens is 769 g/mol. The van der Waals surface area contributed by atoms with Gasteiger partial charge >= 0.3 is 5.97 Å². The molecule has 1 saturated heterocycles. The van der Waals surface area contributed by atoms with Crippen LogP contribution in [0.3, 0.4) is 0 Å². The zero-order valence-electron chi connectivity index (χ0n) is 35.5. The number of benzene rings is 1. The molecule has 5 atom stereocenters. The molecule has 3 rings (SSSR count). The van der Waals surface area contributed by atoms with Crippen molar-refractivity contribution in [3.63, 3.8) is 0 Å². The standard InChI is InChI=1S/C43H68N10O7/c1-3-4-5-6-7-8-9-10-11-12-16-23-37(54)50-34(27-32-28-46-29-48-32)39(56)49-30(2)38(55)51-33(21-17-24-47-43(44)45)41(58)53-25-18-22-36(53)40(57)52-35(42(59)60)26-31-19-14-13-15-20-31/h13-15,19-20,28-30,33-36H,3-12,16-18,21-27H2,1-2H3,(H,46,48)(H,49,56)(H,50,54)(H,51,55)(H,52,57)(H,59,60)(H4,44,45,47)/t30-,33-,34-,35-,36-/m1/s1. The summed E-state index contributed by atoms with van der Waals surface area (Å²) in [5.41, 5.74) is 12.3. The minimum Gasteiger partial charge on any atom is -0.480 e. The van der Waals surface area contributed by atoms with Crippen LogP contribution in [0.4, 0.5) is 0 Å². The average molecular weight is 837 g/mol. The van der Waals surface area contributed by atoms with Gasteiger partial charge in [0.2, 0.25) is 29.5 Å². The molecule has 17 heteroatoms. The Morgan fingerprint density at radius 2 is 1.50 bits per heavy atom. The average Bonchev–Trinajstić information content (AvgIpc) is 3.94. The minimum absolute atomic E-state index is 0.0570. The molecule has 60 heavy (non-hydrogen) atoms. The second kappa shape index (κ2) is 27.3. The lowest BCUT2D eigenvalue weighted by Crippen LogP contribution is -2.58. The van der Waals surface area contributed by atoms with Gasteiger partial charge in [-0.25, -0.2) is 9.78 Å². The number of hydrogen-bond acceptors (Lipinski definition) is 8. The van der Waals surface area contributed by atoms with Crippen molar-refractivity contribution in [3.05, 3.63) is 54.1 Å². The Morgan fingerprint density at radius 1 is 0.833 bits per heavy atom. The number of hydrogen-bond donors (Lipinski definition) is 8. The highest BCUT2D eigenvalue weighted by atomic mass is 16.4. The van der Waals surface area contributed by atoms with Crippen molar-refractivity contribution >= 4 is 41.5 Å². The first-order chi connectivity index (χ1) is 28.9. The van der Waals surface area contributed by atoms with Crippen LogP contribution in [-0.4, -0.2) is 105 Å². The molecule has 0 spiro atoms. The Labute approximate surface area is 354 Å². The van der Waals surface area contributed by atoms with Crippen LogP contribution >= 0.6 is 0 Å². The van der Waals surface area contributed by atoms with E-state index in [-0.39, 0.29) is 50.6 Å². The zero-order valence-corrected chi connectivity index (χ0v) is 35.5. The highest BCUT2D eigenvalue weighted by Gasteiger charge is 2.39. The van der Waals surface area contributed by atoms with Crippen LogP contribution in [-0.2, 0) is 41.6 Å². The lowest BCUT2D eigenvalue weighted by atomic mass is 10.0. The number of aromatic nitrogens is 2. The van der Waals surface area contributed by atoms with Crippen LogP contribution in [0.1, 0.15) is 128 Å². The molecular formula is C43H68N10O7. The van der Waals surface area contributed by atoms with Gasteiger partial charge in [-0.2, -0.15) is 0 Å². The molecule has 0 aliphatic carbocycles. The van der Waals surface area contributed by atoms with E-state index in [0.717, 1.165) is 24.8 Å². The summed E-state index contributed by atoms with van der Waals surface area (Å²) in [6.45, 7) is 4.08. The van der Waals surface area contributed by atoms with Crippen LogP contribution in [0, 0.1) is 0 Å². The number of guanidine groups is 1. The molecule has 0 bridgehead atoms. The third kappa shape index (κ3) is 18.2. The number of rotatable bonds is 29. The van der Waals surface area contributed by atoms with E-state index < -0.39 is 59.8 Å². The number of aliphatic carboxylic acids is 1. The highest BCUT2D eigenvalue weighted by molar-refractivity contribution is 5.96. The number of unbranched alkanes of at least 4 members (excludes halogenated alkanes) is 10. The molecule has 2 aromatic rings. The fraction of sp³-hybridized carbons (Fsp3) is 0.628. The molecule has 1 aliphatic heterocycles. The van der Waals surface area contributed by atoms with Gasteiger partial charge in [0.1, 0.15) is 30.2 Å². The first kappa shape index (κ1) is 48.9. The molecule has 332 valence electrons. The van der Waals surface area contributed by atoms with Gasteiger partial charge in [0.25, 0.3) is 0 Å². The molecule has 0 unspecified atom stereocenters. The zero-order chi connectivity index (χ0) is 43.7. The number of nitrogens with one attached hydrogen (secondary N) is 5. The normalized spacial score (nSPS) is 15.6. The number of aromatic amines is 1. The summed E-state index contributed by atoms with van der Waals surface area (Å²) in [4.78, 5) is 92.2. The van der Waals surface area contributed by atoms with E-state index in [1.165, 1.54) is 63.1 Å². The number of likely N-dealkylation sites (tertiary alicyclic amines) is 1. The number of nitrogens with two attached hydrogens (primary N) is 2. The molecule has 10 N–H and O–H groups in total. The van der Waals surface area contributed by atoms with Crippen molar-refractivity contribution in [1.29, 1.82) is 0 Å². The Balaban J connectivity index is 1.60. The molecule has 5 amide bonds. The lowest BCUT2D eigenvalue weighted by molar-refractivity contribution is -0.145. The van der Waals surface area contributed by atoms with Gasteiger partial charge in [0, 0.05) is 44.2 Å². The van der Waals surface area contributed by atoms with Gasteiger partial charge in [0.05, 0.1) is 6.33 Å². The van der Waals surface area contributed by atoms with Crippen molar-refractivity contribution in [3.8, 4) is 0 Å². The van der Waals surface area contributed by atoms with Gasteiger partial charge in [0.15, 0.2) is 5.96 Å². The predicted octanol–water partition coefficient (Wildman–Crippen LogP) is 2.98. The van der Waals surface area contributed by atoms with Crippen LogP contribution in [0.15, 0.2) is 47.8 Å². The number of carboxylic acids is 1. The minimum atomic E-state index is -1.22. The van der Waals surface area contributed by atoms with E-state index >= 15 is 0 Å². The van der Waals surface area contributed by atoms with E-state index in [9.17, 15) is 33.9 Å². The Kier molecular flexibility index (Phi) is 22.3. The molecule has 0 saturated carbocycles. The Bertz CT molecular complexity index is 1650. The molecule has 0 radical (unpaired) electrons. The summed E-state index contributed by atoms with van der Waals surface area (Å²) in [7, 11) is 0. The number of carbonyl (C=O) groups is 6. The monoisotopic (exact) mass is 837 g/mol. The third-order valence-corrected chi connectivity index (χ3v) is 10.7. The third-order valence-electron chi connectivity index (χ3n) is 10.7. The SMILES string of the molecule is CCCCCCCCCCCCCC(=O)N[C@H](Cc1cnc[nH]1)C(=O)N[C@H](C)C(=O)N[C@H](CCCN=C(N)N)C(=O)N1CCC[C@@H]1C(=O)N[C@H](Cc1ccccc1)C(=O)O. The molecule has 1 aromatic heterocycles. The molecule has 1 aromatic carbocycles. The van der Waals surface area contributed by atoms with E-state index in [4.69, 9.17) is 11.5 Å². The molecule has 2 heterocycles. The number of H-pyrrole nitrogens is 1. The number of imidazole rings is 1. The summed E-state index contributed by atoms with van der Waals surface area (Å²) >= 11 is 0.